The SMILES string of the molecule is CC/C=C(/N=C(N=C(C)c1ccccc1)c1ccccc1)c1cccc(-c2ccc(-c3cccc(-c4cccc5c6c(sc45)C=CCC6)c3)cc2)c1. The molecule has 1 heterocycles. The summed E-state index contributed by atoms with van der Waals surface area (Å²) in [4.78, 5) is 11.7. The first-order valence-corrected chi connectivity index (χ1v) is 18.9. The maximum atomic E-state index is 5.22. The fraction of sp³-hybridized carbons (Fsp3) is 0.102. The molecule has 3 heteroatoms. The molecule has 0 amide bonds. The molecular weight excluding hydrogens is 649 g/mol. The van der Waals surface area contributed by atoms with E-state index in [1.807, 2.05) is 54.7 Å². The molecule has 252 valence electrons. The number of nitrogens with zero attached hydrogens (tertiary/aromatic N) is 2. The molecule has 2 nitrogen and oxygen atoms in total. The van der Waals surface area contributed by atoms with Crippen molar-refractivity contribution in [2.45, 2.75) is 33.1 Å². The van der Waals surface area contributed by atoms with E-state index in [-0.39, 0.29) is 0 Å². The lowest BCUT2D eigenvalue weighted by Crippen LogP contribution is -2.04. The van der Waals surface area contributed by atoms with Crippen molar-refractivity contribution in [3.8, 4) is 33.4 Å². The predicted octanol–water partition coefficient (Wildman–Crippen LogP) is 13.6. The van der Waals surface area contributed by atoms with E-state index in [4.69, 9.17) is 9.98 Å². The quantitative estimate of drug-likeness (QED) is 0.112. The molecule has 1 aliphatic rings. The summed E-state index contributed by atoms with van der Waals surface area (Å²) in [6.45, 7) is 4.20. The van der Waals surface area contributed by atoms with Crippen LogP contribution in [-0.4, -0.2) is 11.5 Å². The molecule has 7 aromatic rings. The number of thiophene rings is 1. The third kappa shape index (κ3) is 7.01. The van der Waals surface area contributed by atoms with Crippen LogP contribution in [0.2, 0.25) is 0 Å². The van der Waals surface area contributed by atoms with Crippen LogP contribution in [0.25, 0.3) is 55.2 Å². The zero-order chi connectivity index (χ0) is 35.3. The van der Waals surface area contributed by atoms with Crippen LogP contribution in [0, 0.1) is 0 Å². The van der Waals surface area contributed by atoms with Gasteiger partial charge in [0, 0.05) is 26.4 Å². The molecule has 0 radical (unpaired) electrons. The number of allylic oxidation sites excluding steroid dienone is 2. The van der Waals surface area contributed by atoms with Gasteiger partial charge in [0.2, 0.25) is 0 Å². The van der Waals surface area contributed by atoms with Gasteiger partial charge in [-0.3, -0.25) is 0 Å². The van der Waals surface area contributed by atoms with E-state index in [0.717, 1.165) is 52.9 Å². The predicted molar refractivity (Wildman–Crippen MR) is 225 cm³/mol. The Labute approximate surface area is 310 Å². The van der Waals surface area contributed by atoms with Gasteiger partial charge in [0.1, 0.15) is 0 Å². The Balaban J connectivity index is 1.09. The molecular formula is C49H40N2S. The maximum Gasteiger partial charge on any atom is 0.160 e. The van der Waals surface area contributed by atoms with E-state index in [9.17, 15) is 0 Å². The first-order valence-electron chi connectivity index (χ1n) is 18.1. The van der Waals surface area contributed by atoms with E-state index >= 15 is 0 Å². The number of aryl methyl sites for hydroxylation is 1. The topological polar surface area (TPSA) is 24.7 Å². The summed E-state index contributed by atoms with van der Waals surface area (Å²) in [5, 5.41) is 1.41. The van der Waals surface area contributed by atoms with Gasteiger partial charge in [-0.2, -0.15) is 0 Å². The molecule has 0 saturated heterocycles. The van der Waals surface area contributed by atoms with Crippen molar-refractivity contribution < 1.29 is 0 Å². The summed E-state index contributed by atoms with van der Waals surface area (Å²) in [5.41, 5.74) is 13.8. The molecule has 0 saturated carbocycles. The molecule has 0 aliphatic heterocycles. The highest BCUT2D eigenvalue weighted by Gasteiger charge is 2.16. The highest BCUT2D eigenvalue weighted by Crippen LogP contribution is 2.41. The van der Waals surface area contributed by atoms with Gasteiger partial charge in [0.05, 0.1) is 5.70 Å². The summed E-state index contributed by atoms with van der Waals surface area (Å²) >= 11 is 1.93. The van der Waals surface area contributed by atoms with E-state index < -0.39 is 0 Å². The zero-order valence-electron chi connectivity index (χ0n) is 29.6. The van der Waals surface area contributed by atoms with Crippen molar-refractivity contribution in [3.05, 3.63) is 191 Å². The number of hydrogen-bond acceptors (Lipinski definition) is 2. The lowest BCUT2D eigenvalue weighted by Gasteiger charge is -2.11. The Bertz CT molecular complexity index is 2480. The van der Waals surface area contributed by atoms with Crippen LogP contribution in [0.5, 0.6) is 0 Å². The van der Waals surface area contributed by atoms with Crippen molar-refractivity contribution >= 4 is 44.7 Å². The van der Waals surface area contributed by atoms with Crippen LogP contribution in [0.1, 0.15) is 53.8 Å². The second-order valence-electron chi connectivity index (χ2n) is 13.2. The number of hydrogen-bond donors (Lipinski definition) is 0. The Morgan fingerprint density at radius 2 is 1.25 bits per heavy atom. The summed E-state index contributed by atoms with van der Waals surface area (Å²) in [7, 11) is 0. The Morgan fingerprint density at radius 3 is 1.98 bits per heavy atom. The molecule has 0 atom stereocenters. The highest BCUT2D eigenvalue weighted by molar-refractivity contribution is 7.20. The van der Waals surface area contributed by atoms with Crippen molar-refractivity contribution in [1.29, 1.82) is 0 Å². The van der Waals surface area contributed by atoms with Crippen LogP contribution in [0.4, 0.5) is 0 Å². The van der Waals surface area contributed by atoms with E-state index in [1.54, 1.807) is 0 Å². The van der Waals surface area contributed by atoms with Gasteiger partial charge in [-0.05, 0) is 94.3 Å². The van der Waals surface area contributed by atoms with Gasteiger partial charge in [0.15, 0.2) is 5.84 Å². The van der Waals surface area contributed by atoms with Gasteiger partial charge in [-0.1, -0.05) is 159 Å². The third-order valence-electron chi connectivity index (χ3n) is 9.68. The van der Waals surface area contributed by atoms with Crippen molar-refractivity contribution in [2.24, 2.45) is 9.98 Å². The summed E-state index contributed by atoms with van der Waals surface area (Å²) in [6.07, 6.45) is 9.92. The lowest BCUT2D eigenvalue weighted by molar-refractivity contribution is 1.01. The lowest BCUT2D eigenvalue weighted by atomic mass is 9.95. The summed E-state index contributed by atoms with van der Waals surface area (Å²) in [5.74, 6) is 0.699. The molecule has 1 aromatic heterocycles. The van der Waals surface area contributed by atoms with Gasteiger partial charge in [0.25, 0.3) is 0 Å². The number of rotatable bonds is 8. The van der Waals surface area contributed by atoms with E-state index in [1.165, 1.54) is 48.3 Å². The first kappa shape index (κ1) is 33.3. The average molecular weight is 689 g/mol. The number of aliphatic imine (C=N–C) groups is 2. The van der Waals surface area contributed by atoms with Gasteiger partial charge in [-0.15, -0.1) is 11.3 Å². The minimum absolute atomic E-state index is 0.699. The summed E-state index contributed by atoms with van der Waals surface area (Å²) < 4.78 is 1.39. The van der Waals surface area contributed by atoms with Gasteiger partial charge in [-0.25, -0.2) is 9.98 Å². The minimum Gasteiger partial charge on any atom is -0.233 e. The van der Waals surface area contributed by atoms with Gasteiger partial charge >= 0.3 is 0 Å². The van der Waals surface area contributed by atoms with E-state index in [2.05, 4.69) is 140 Å². The smallest absolute Gasteiger partial charge is 0.160 e. The molecule has 1 aliphatic carbocycles. The Kier molecular flexibility index (Phi) is 9.69. The normalized spacial score (nSPS) is 13.4. The molecule has 52 heavy (non-hydrogen) atoms. The van der Waals surface area contributed by atoms with Gasteiger partial charge < -0.3 is 0 Å². The van der Waals surface area contributed by atoms with Crippen LogP contribution >= 0.6 is 11.3 Å². The van der Waals surface area contributed by atoms with Crippen LogP contribution in [0.3, 0.4) is 0 Å². The standard InChI is InChI=1S/C49H40N2S/c1-3-15-46(51-49(38-18-8-5-9-19-38)50-34(2)35-16-6-4-7-17-35)42-23-13-21-40(33-42)37-30-28-36(29-31-37)39-20-12-22-41(32-39)43-25-14-26-45-44-24-10-11-27-47(44)52-48(43)45/h4-9,11-23,25-33H,3,10,24H2,1-2H3/b46-15+,50-34?,51-49?. The van der Waals surface area contributed by atoms with Crippen molar-refractivity contribution in [3.63, 3.8) is 0 Å². The zero-order valence-corrected chi connectivity index (χ0v) is 30.4. The molecule has 0 N–H and O–H groups in total. The maximum absolute atomic E-state index is 5.22. The first-order chi connectivity index (χ1) is 25.6. The number of amidine groups is 1. The third-order valence-corrected chi connectivity index (χ3v) is 10.9. The van der Waals surface area contributed by atoms with Crippen LogP contribution in [0.15, 0.2) is 174 Å². The minimum atomic E-state index is 0.699. The van der Waals surface area contributed by atoms with Crippen molar-refractivity contribution in [1.82, 2.24) is 0 Å². The fourth-order valence-corrected chi connectivity index (χ4v) is 8.30. The Morgan fingerprint density at radius 1 is 0.615 bits per heavy atom. The number of benzene rings is 6. The van der Waals surface area contributed by atoms with Crippen LogP contribution in [-0.2, 0) is 6.42 Å². The largest absolute Gasteiger partial charge is 0.233 e. The molecule has 0 unspecified atom stereocenters. The van der Waals surface area contributed by atoms with Crippen molar-refractivity contribution in [2.75, 3.05) is 0 Å². The molecule has 0 spiro atoms. The second-order valence-corrected chi connectivity index (χ2v) is 14.2. The molecule has 8 rings (SSSR count). The van der Waals surface area contributed by atoms with E-state index in [0.29, 0.717) is 5.84 Å². The van der Waals surface area contributed by atoms with Crippen LogP contribution < -0.4 is 0 Å². The highest BCUT2D eigenvalue weighted by atomic mass is 32.1. The molecule has 6 aromatic carbocycles. The Hall–Kier alpha value is -5.90. The average Bonchev–Trinajstić information content (AvgIpc) is 3.60. The fourth-order valence-electron chi connectivity index (χ4n) is 6.99. The number of fused-ring (bicyclic) bond motifs is 3. The summed E-state index contributed by atoms with van der Waals surface area (Å²) in [6, 6.07) is 53.9. The molecule has 0 bridgehead atoms. The second kappa shape index (κ2) is 15.1. The molecule has 0 fully saturated rings. The monoisotopic (exact) mass is 688 g/mol.